The molecule has 50 nitrogen and oxygen atoms in total. The van der Waals surface area contributed by atoms with E-state index in [4.69, 9.17) is 109 Å². The molecule has 8 saturated heterocycles. The highest BCUT2D eigenvalue weighted by atomic mass is 32.3. The van der Waals surface area contributed by atoms with E-state index in [1.54, 1.807) is 0 Å². The van der Waals surface area contributed by atoms with Crippen LogP contribution in [0.4, 0.5) is 0 Å². The molecule has 8 aliphatic rings. The van der Waals surface area contributed by atoms with Gasteiger partial charge in [-0.15, -0.1) is 0 Å². The summed E-state index contributed by atoms with van der Waals surface area (Å²) < 4.78 is 238. The number of hydrogen-bond acceptors (Lipinski definition) is 46. The van der Waals surface area contributed by atoms with Crippen LogP contribution in [0.25, 0.3) is 0 Å². The van der Waals surface area contributed by atoms with Crippen molar-refractivity contribution in [2.45, 2.75) is 240 Å². The predicted molar refractivity (Wildman–Crippen MR) is 317 cm³/mol. The molecule has 8 aliphatic heterocycles. The lowest BCUT2D eigenvalue weighted by molar-refractivity contribution is -0.369. The van der Waals surface area contributed by atoms with E-state index in [0.29, 0.717) is 25.8 Å². The van der Waals surface area contributed by atoms with Crippen molar-refractivity contribution in [1.29, 1.82) is 0 Å². The van der Waals surface area contributed by atoms with E-state index >= 15 is 0 Å². The standard InChI is InChI=1S/C49H89N5O45S4/c50-4-2-1-3-5-80-46-35(64)27(56)14(6-81-46)90-43-23(52)32(61)39(19(94-43)11-86-101(71,72)73)98-48-37(66)29(58)16(8-83-48)92-45-25(54)34(63)41(21(96-45)13-88-103(77,78)79)99-49-38(67)30(59)17(9-84-49)91-44-24(53)33(62)40(20(95-44)12-87-102(74,75)76)97-47-36(65)28(57)15(7-82-47)89-42-22(51)31(60)26(55)18(93-42)10-85-100(68,69)70/h14-49,55-67H,1-13,50-54H2,(H,68,69,70)(H,71,72,73)(H,74,75,76)(H,77,78,79)/t14-,15-,16-,17-,18?,19?,20?,21?,22?,23?,24?,25?,26-,27+,28-,29-,30+,31-,32-,33-,34-,35?,36?,37?,38?,39-,40-,41-,42+,43+,44+,45+,46-,47+,48+,49+/m1/s1. The largest absolute Gasteiger partial charge is 0.397 e. The molecule has 0 aromatic heterocycles. The third-order valence-electron chi connectivity index (χ3n) is 17.4. The van der Waals surface area contributed by atoms with Gasteiger partial charge in [0.1, 0.15) is 146 Å². The summed E-state index contributed by atoms with van der Waals surface area (Å²) in [7, 11) is -21.0. The van der Waals surface area contributed by atoms with E-state index in [9.17, 15) is 114 Å². The maximum Gasteiger partial charge on any atom is 0.397 e. The first kappa shape index (κ1) is 86.7. The normalized spacial score (nSPS) is 45.7. The first-order valence-corrected chi connectivity index (χ1v) is 36.9. The summed E-state index contributed by atoms with van der Waals surface area (Å²) in [4.78, 5) is 0. The number of aliphatic hydroxyl groups excluding tert-OH is 13. The minimum absolute atomic E-state index is 0.143. The van der Waals surface area contributed by atoms with Crippen LogP contribution in [0, 0.1) is 0 Å². The molecule has 103 heavy (non-hydrogen) atoms. The van der Waals surface area contributed by atoms with Gasteiger partial charge in [0, 0.05) is 6.61 Å². The lowest BCUT2D eigenvalue weighted by Crippen LogP contribution is -2.68. The molecular formula is C49H89N5O45S4. The number of ether oxygens (including phenoxy) is 16. The number of nitrogens with two attached hydrogens (primary N) is 5. The Morgan fingerprint density at radius 2 is 0.563 bits per heavy atom. The Balaban J connectivity index is 0.860. The molecule has 8 heterocycles. The molecule has 0 aromatic rings. The van der Waals surface area contributed by atoms with Crippen LogP contribution in [-0.2, 0) is 134 Å². The van der Waals surface area contributed by atoms with Crippen LogP contribution in [0.5, 0.6) is 0 Å². The fourth-order valence-corrected chi connectivity index (χ4v) is 13.0. The SMILES string of the molecule is NCCCCCO[C@@H]1OC[C@@H](O[C@H]2OC(COS(=O)(=O)O)[C@@H](O[C@@H]3OC[C@@H](O[C@H]4OC(COS(=O)(=O)O)[C@@H](O[C@@H]5OC[C@@H](O[C@H]6OC(COS(=O)(=O)O)[C@@H](O[C@@H]7OC[C@@H](O[C@H]8OC(COS(=O)(=O)O)[C@@H](O)[C@H](O)C8N)[C@@H](O)C7O)[C@H](O)C6N)[C@H](O)C5O)[C@H](O)C4N)[C@@H](O)C3O)[C@H](O)C2N)[C@H](O)C1O. The average Bonchev–Trinajstić information content (AvgIpc) is 0.787. The van der Waals surface area contributed by atoms with Gasteiger partial charge in [-0.3, -0.25) is 18.2 Å². The highest BCUT2D eigenvalue weighted by molar-refractivity contribution is 7.81. The van der Waals surface area contributed by atoms with Gasteiger partial charge in [0.05, 0.1) is 77.0 Å². The van der Waals surface area contributed by atoms with Gasteiger partial charge in [0.2, 0.25) is 0 Å². The summed E-state index contributed by atoms with van der Waals surface area (Å²) in [5.74, 6) is 0. The molecular weight excluding hydrogens is 1510 g/mol. The van der Waals surface area contributed by atoms with Crippen LogP contribution in [0.15, 0.2) is 0 Å². The van der Waals surface area contributed by atoms with Gasteiger partial charge in [-0.05, 0) is 25.8 Å². The zero-order valence-corrected chi connectivity index (χ0v) is 56.8. The molecule has 8 rings (SSSR count). The lowest BCUT2D eigenvalue weighted by Gasteiger charge is -2.48. The second-order valence-electron chi connectivity index (χ2n) is 24.7. The van der Waals surface area contributed by atoms with Crippen LogP contribution in [-0.4, -0.2) is 405 Å². The summed E-state index contributed by atoms with van der Waals surface area (Å²) in [5.41, 5.74) is 30.3. The number of unbranched alkanes of at least 4 members (excludes halogenated alkanes) is 2. The minimum Gasteiger partial charge on any atom is -0.388 e. The molecule has 8 fully saturated rings. The topological polar surface area (TPSA) is 795 Å². The van der Waals surface area contributed by atoms with Gasteiger partial charge >= 0.3 is 41.6 Å². The molecule has 0 bridgehead atoms. The molecule has 0 radical (unpaired) electrons. The van der Waals surface area contributed by atoms with E-state index in [0.717, 1.165) is 0 Å². The molecule has 0 saturated carbocycles. The van der Waals surface area contributed by atoms with Crippen LogP contribution in [0.2, 0.25) is 0 Å². The molecule has 0 aliphatic carbocycles. The van der Waals surface area contributed by atoms with Gasteiger partial charge < -0.3 is 171 Å². The fourth-order valence-electron chi connectivity index (χ4n) is 11.8. The van der Waals surface area contributed by atoms with E-state index in [1.165, 1.54) is 0 Å². The van der Waals surface area contributed by atoms with Gasteiger partial charge in [0.15, 0.2) is 50.3 Å². The molecule has 604 valence electrons. The first-order chi connectivity index (χ1) is 48.1. The van der Waals surface area contributed by atoms with Crippen molar-refractivity contribution in [2.24, 2.45) is 28.7 Å². The maximum atomic E-state index is 11.8. The molecule has 0 amide bonds. The van der Waals surface area contributed by atoms with E-state index in [1.807, 2.05) is 0 Å². The molecule has 27 N–H and O–H groups in total. The van der Waals surface area contributed by atoms with E-state index in [2.05, 4.69) is 16.7 Å². The lowest BCUT2D eigenvalue weighted by atomic mass is 9.96. The van der Waals surface area contributed by atoms with Crippen LogP contribution in [0.3, 0.4) is 0 Å². The highest BCUT2D eigenvalue weighted by Crippen LogP contribution is 2.36. The maximum absolute atomic E-state index is 11.8. The molecule has 0 spiro atoms. The van der Waals surface area contributed by atoms with Crippen molar-refractivity contribution in [3.8, 4) is 0 Å². The van der Waals surface area contributed by atoms with Crippen molar-refractivity contribution in [3.05, 3.63) is 0 Å². The van der Waals surface area contributed by atoms with E-state index in [-0.39, 0.29) is 6.61 Å². The summed E-state index contributed by atoms with van der Waals surface area (Å²) in [5, 5.41) is 145. The second kappa shape index (κ2) is 37.0. The number of aliphatic hydroxyl groups is 13. The Morgan fingerprint density at radius 3 is 0.854 bits per heavy atom. The minimum atomic E-state index is -5.36. The Kier molecular flexibility index (Phi) is 31.1. The Hall–Kier alpha value is -1.88. The Labute approximate surface area is 585 Å². The Bertz CT molecular complexity index is 3120. The molecule has 12 unspecified atom stereocenters. The summed E-state index contributed by atoms with van der Waals surface area (Å²) in [6.07, 6.45) is -59.2. The van der Waals surface area contributed by atoms with Crippen molar-refractivity contribution in [2.75, 3.05) is 66.0 Å². The Morgan fingerprint density at radius 1 is 0.301 bits per heavy atom. The summed E-state index contributed by atoms with van der Waals surface area (Å²) in [6.45, 7) is -6.99. The number of hydrogen-bond donors (Lipinski definition) is 22. The first-order valence-electron chi connectivity index (χ1n) is 31.4. The monoisotopic (exact) mass is 1600 g/mol. The molecule has 0 aromatic carbocycles. The van der Waals surface area contributed by atoms with Gasteiger partial charge in [-0.2, -0.15) is 33.7 Å². The summed E-state index contributed by atoms with van der Waals surface area (Å²) >= 11 is 0. The van der Waals surface area contributed by atoms with Crippen molar-refractivity contribution < 1.29 is 211 Å². The van der Waals surface area contributed by atoms with Gasteiger partial charge in [-0.1, -0.05) is 0 Å². The highest BCUT2D eigenvalue weighted by Gasteiger charge is 2.57. The zero-order valence-electron chi connectivity index (χ0n) is 53.5. The average molecular weight is 1600 g/mol. The third kappa shape index (κ3) is 22.9. The van der Waals surface area contributed by atoms with Crippen molar-refractivity contribution in [1.82, 2.24) is 0 Å². The number of rotatable bonds is 32. The fraction of sp³-hybridized carbons (Fsp3) is 1.00. The van der Waals surface area contributed by atoms with Crippen molar-refractivity contribution in [3.63, 3.8) is 0 Å². The van der Waals surface area contributed by atoms with E-state index < -0.39 is 315 Å². The van der Waals surface area contributed by atoms with Crippen LogP contribution >= 0.6 is 0 Å². The van der Waals surface area contributed by atoms with Gasteiger partial charge in [0.25, 0.3) is 0 Å². The molecule has 54 heteroatoms. The molecule has 36 atom stereocenters. The van der Waals surface area contributed by atoms with Crippen LogP contribution in [0.1, 0.15) is 19.3 Å². The third-order valence-corrected chi connectivity index (χ3v) is 19.1. The van der Waals surface area contributed by atoms with Crippen LogP contribution < -0.4 is 28.7 Å². The van der Waals surface area contributed by atoms with Gasteiger partial charge in [-0.25, -0.2) is 16.7 Å². The zero-order chi connectivity index (χ0) is 76.1. The van der Waals surface area contributed by atoms with Crippen molar-refractivity contribution >= 4 is 41.6 Å². The second-order valence-corrected chi connectivity index (χ2v) is 29.1. The predicted octanol–water partition coefficient (Wildman–Crippen LogP) is -15.6. The quantitative estimate of drug-likeness (QED) is 0.0220. The summed E-state index contributed by atoms with van der Waals surface area (Å²) in [6, 6.07) is -6.96. The smallest absolute Gasteiger partial charge is 0.388 e.